The normalized spacial score (nSPS) is 28.4. The van der Waals surface area contributed by atoms with Crippen molar-refractivity contribution in [3.63, 3.8) is 0 Å². The highest BCUT2D eigenvalue weighted by molar-refractivity contribution is 5.73. The minimum absolute atomic E-state index is 0.0157. The van der Waals surface area contributed by atoms with E-state index in [2.05, 4.69) is 5.10 Å². The molecule has 1 aromatic rings. The van der Waals surface area contributed by atoms with E-state index >= 15 is 0 Å². The van der Waals surface area contributed by atoms with Gasteiger partial charge in [-0.15, -0.1) is 0 Å². The lowest BCUT2D eigenvalue weighted by molar-refractivity contribution is -0.150. The topological polar surface area (TPSA) is 81.4 Å². The van der Waals surface area contributed by atoms with Crippen molar-refractivity contribution >= 4 is 11.9 Å². The quantitative estimate of drug-likeness (QED) is 0.840. The summed E-state index contributed by atoms with van der Waals surface area (Å²) in [6, 6.07) is 0.243. The van der Waals surface area contributed by atoms with Crippen molar-refractivity contribution in [1.82, 2.24) is 9.78 Å². The van der Waals surface area contributed by atoms with Gasteiger partial charge >= 0.3 is 11.9 Å². The molecule has 1 aromatic heterocycles. The van der Waals surface area contributed by atoms with Crippen molar-refractivity contribution in [2.24, 2.45) is 11.8 Å². The van der Waals surface area contributed by atoms with E-state index in [1.165, 1.54) is 7.11 Å². The Labute approximate surface area is 116 Å². The molecule has 6 heteroatoms. The summed E-state index contributed by atoms with van der Waals surface area (Å²) < 4.78 is 6.64. The third kappa shape index (κ3) is 2.19. The summed E-state index contributed by atoms with van der Waals surface area (Å²) >= 11 is 0. The average molecular weight is 278 g/mol. The summed E-state index contributed by atoms with van der Waals surface area (Å²) in [6.07, 6.45) is 5.44. The number of esters is 1. The Morgan fingerprint density at radius 2 is 2.15 bits per heavy atom. The monoisotopic (exact) mass is 278 g/mol. The zero-order valence-electron chi connectivity index (χ0n) is 11.4. The molecule has 2 aliphatic carbocycles. The number of carbonyl (C=O) groups excluding carboxylic acids is 1. The van der Waals surface area contributed by atoms with Crippen molar-refractivity contribution in [2.45, 2.75) is 38.1 Å². The van der Waals surface area contributed by atoms with Gasteiger partial charge in [-0.25, -0.2) is 0 Å². The van der Waals surface area contributed by atoms with E-state index in [0.29, 0.717) is 12.8 Å². The lowest BCUT2D eigenvalue weighted by atomic mass is 9.80. The number of ether oxygens (including phenoxy) is 1. The number of carboxylic acids is 1. The van der Waals surface area contributed by atoms with Crippen LogP contribution in [0.1, 0.15) is 36.6 Å². The summed E-state index contributed by atoms with van der Waals surface area (Å²) in [4.78, 5) is 22.4. The van der Waals surface area contributed by atoms with Gasteiger partial charge in [-0.1, -0.05) is 0 Å². The molecule has 1 saturated carbocycles. The molecule has 3 rings (SSSR count). The number of aryl methyl sites for hydroxylation is 1. The van der Waals surface area contributed by atoms with Crippen LogP contribution in [0.15, 0.2) is 6.20 Å². The number of carbonyl (C=O) groups is 2. The first-order valence-corrected chi connectivity index (χ1v) is 6.96. The van der Waals surface area contributed by atoms with E-state index in [0.717, 1.165) is 30.5 Å². The van der Waals surface area contributed by atoms with E-state index in [9.17, 15) is 9.59 Å². The first-order valence-electron chi connectivity index (χ1n) is 6.96. The van der Waals surface area contributed by atoms with E-state index in [4.69, 9.17) is 9.84 Å². The fourth-order valence-electron chi connectivity index (χ4n) is 3.09. The molecule has 1 unspecified atom stereocenters. The lowest BCUT2D eigenvalue weighted by Crippen LogP contribution is -2.33. The summed E-state index contributed by atoms with van der Waals surface area (Å²) in [6.45, 7) is 0. The molecule has 1 heterocycles. The maximum atomic E-state index is 11.4. The van der Waals surface area contributed by atoms with Crippen LogP contribution in [0, 0.1) is 11.8 Å². The highest BCUT2D eigenvalue weighted by atomic mass is 16.5. The van der Waals surface area contributed by atoms with Gasteiger partial charge in [0.05, 0.1) is 30.7 Å². The molecule has 6 nitrogen and oxygen atoms in total. The molecule has 0 saturated heterocycles. The number of nitrogens with zero attached hydrogens (tertiary/aromatic N) is 2. The molecule has 20 heavy (non-hydrogen) atoms. The summed E-state index contributed by atoms with van der Waals surface area (Å²) in [5, 5.41) is 13.6. The molecule has 0 bridgehead atoms. The van der Waals surface area contributed by atoms with E-state index in [1.54, 1.807) is 0 Å². The van der Waals surface area contributed by atoms with Crippen LogP contribution in [0.3, 0.4) is 0 Å². The third-order valence-electron chi connectivity index (χ3n) is 4.46. The lowest BCUT2D eigenvalue weighted by Gasteiger charge is -2.33. The molecular weight excluding hydrogens is 260 g/mol. The number of hydrogen-bond acceptors (Lipinski definition) is 4. The molecular formula is C14H18N2O4. The van der Waals surface area contributed by atoms with Gasteiger partial charge in [0.25, 0.3) is 0 Å². The molecule has 0 radical (unpaired) electrons. The highest BCUT2D eigenvalue weighted by Crippen LogP contribution is 2.39. The summed E-state index contributed by atoms with van der Waals surface area (Å²) in [5.74, 6) is -1.18. The smallest absolute Gasteiger partial charge is 0.308 e. The number of carboxylic acid groups (broad SMARTS) is 1. The van der Waals surface area contributed by atoms with Crippen molar-refractivity contribution < 1.29 is 19.4 Å². The predicted octanol–water partition coefficient (Wildman–Crippen LogP) is 1.20. The maximum absolute atomic E-state index is 11.4. The highest BCUT2D eigenvalue weighted by Gasteiger charge is 2.37. The standard InChI is InChI=1S/C14H18N2O4/c1-20-14(19)9-5-11(6-9)16-7-10-4-8(13(17)18)2-3-12(10)15-16/h7-9,11H,2-6H2,1H3,(H,17,18)/t8?,9-,11+. The van der Waals surface area contributed by atoms with Crippen LogP contribution in [0.5, 0.6) is 0 Å². The van der Waals surface area contributed by atoms with Crippen LogP contribution in [-0.2, 0) is 27.2 Å². The van der Waals surface area contributed by atoms with Crippen molar-refractivity contribution in [3.05, 3.63) is 17.5 Å². The van der Waals surface area contributed by atoms with Gasteiger partial charge in [0.2, 0.25) is 0 Å². The van der Waals surface area contributed by atoms with Crippen molar-refractivity contribution in [1.29, 1.82) is 0 Å². The fourth-order valence-corrected chi connectivity index (χ4v) is 3.09. The van der Waals surface area contributed by atoms with Crippen LogP contribution in [0.2, 0.25) is 0 Å². The van der Waals surface area contributed by atoms with Crippen LogP contribution < -0.4 is 0 Å². The third-order valence-corrected chi connectivity index (χ3v) is 4.46. The molecule has 0 spiro atoms. The Kier molecular flexibility index (Phi) is 3.23. The molecule has 0 aromatic carbocycles. The van der Waals surface area contributed by atoms with Gasteiger partial charge in [0, 0.05) is 6.20 Å². The van der Waals surface area contributed by atoms with Crippen LogP contribution >= 0.6 is 0 Å². The fraction of sp³-hybridized carbons (Fsp3) is 0.643. The van der Waals surface area contributed by atoms with E-state index in [-0.39, 0.29) is 23.8 Å². The SMILES string of the molecule is COC(=O)[C@H]1C[C@@H](n2cc3c(n2)CCC(C(=O)O)C3)C1. The number of hydrogen-bond donors (Lipinski definition) is 1. The zero-order chi connectivity index (χ0) is 14.3. The Bertz CT molecular complexity index is 545. The number of methoxy groups -OCH3 is 1. The van der Waals surface area contributed by atoms with Crippen molar-refractivity contribution in [2.75, 3.05) is 7.11 Å². The minimum Gasteiger partial charge on any atom is -0.481 e. The molecule has 1 atom stereocenters. The van der Waals surface area contributed by atoms with Gasteiger partial charge in [-0.2, -0.15) is 5.10 Å². The summed E-state index contributed by atoms with van der Waals surface area (Å²) in [7, 11) is 1.41. The van der Waals surface area contributed by atoms with Crippen LogP contribution in [0.4, 0.5) is 0 Å². The van der Waals surface area contributed by atoms with Gasteiger partial charge in [0.15, 0.2) is 0 Å². The number of rotatable bonds is 3. The Morgan fingerprint density at radius 3 is 2.80 bits per heavy atom. The maximum Gasteiger partial charge on any atom is 0.308 e. The van der Waals surface area contributed by atoms with Crippen LogP contribution in [-0.4, -0.2) is 33.9 Å². The Morgan fingerprint density at radius 1 is 1.40 bits per heavy atom. The number of aliphatic carboxylic acids is 1. The first-order chi connectivity index (χ1) is 9.58. The zero-order valence-corrected chi connectivity index (χ0v) is 11.4. The van der Waals surface area contributed by atoms with Crippen molar-refractivity contribution in [3.8, 4) is 0 Å². The predicted molar refractivity (Wildman–Crippen MR) is 69.2 cm³/mol. The van der Waals surface area contributed by atoms with E-state index < -0.39 is 5.97 Å². The van der Waals surface area contributed by atoms with Gasteiger partial charge in [-0.3, -0.25) is 14.3 Å². The second-order valence-electron chi connectivity index (χ2n) is 5.70. The largest absolute Gasteiger partial charge is 0.481 e. The van der Waals surface area contributed by atoms with Crippen LogP contribution in [0.25, 0.3) is 0 Å². The van der Waals surface area contributed by atoms with Gasteiger partial charge < -0.3 is 9.84 Å². The first kappa shape index (κ1) is 13.1. The molecule has 1 N–H and O–H groups in total. The second kappa shape index (κ2) is 4.92. The van der Waals surface area contributed by atoms with Gasteiger partial charge in [-0.05, 0) is 37.7 Å². The molecule has 0 aliphatic heterocycles. The molecule has 2 aliphatic rings. The number of aromatic nitrogens is 2. The number of fused-ring (bicyclic) bond motifs is 1. The Balaban J connectivity index is 1.67. The summed E-state index contributed by atoms with van der Waals surface area (Å²) in [5.41, 5.74) is 2.06. The molecule has 108 valence electrons. The average Bonchev–Trinajstić information content (AvgIpc) is 2.78. The molecule has 1 fully saturated rings. The molecule has 0 amide bonds. The Hall–Kier alpha value is -1.85. The second-order valence-corrected chi connectivity index (χ2v) is 5.70. The van der Waals surface area contributed by atoms with E-state index in [1.807, 2.05) is 10.9 Å². The van der Waals surface area contributed by atoms with Gasteiger partial charge in [0.1, 0.15) is 0 Å². The minimum atomic E-state index is -0.724.